The van der Waals surface area contributed by atoms with Gasteiger partial charge in [-0.05, 0) is 24.6 Å². The summed E-state index contributed by atoms with van der Waals surface area (Å²) in [5.41, 5.74) is 2.26. The molecule has 1 heterocycles. The van der Waals surface area contributed by atoms with E-state index in [1.807, 2.05) is 37.3 Å². The van der Waals surface area contributed by atoms with Crippen LogP contribution in [-0.4, -0.2) is 41.7 Å². The lowest BCUT2D eigenvalue weighted by molar-refractivity contribution is 0.259. The first kappa shape index (κ1) is 20.4. The van der Waals surface area contributed by atoms with Crippen LogP contribution in [0.3, 0.4) is 0 Å². The van der Waals surface area contributed by atoms with Gasteiger partial charge < -0.3 is 9.05 Å². The lowest BCUT2D eigenvalue weighted by atomic mass is 10.2. The standard InChI is InChI=1S/C19H25N2O4PS/c1-15-9-11-17(12-10-15)27(23)20-19(26(22,24-2)25-3)18-14-21(18)13-16-7-5-4-6-8-16/h4-12,18-20H,13-14H2,1-3H3/t18-,19-,21?,27?/m0/s1. The first-order valence-corrected chi connectivity index (χ1v) is 11.5. The highest BCUT2D eigenvalue weighted by molar-refractivity contribution is 7.83. The first-order valence-electron chi connectivity index (χ1n) is 8.70. The molecule has 0 amide bonds. The lowest BCUT2D eigenvalue weighted by Crippen LogP contribution is -2.37. The summed E-state index contributed by atoms with van der Waals surface area (Å²) in [6, 6.07) is 17.4. The van der Waals surface area contributed by atoms with Gasteiger partial charge in [0.05, 0.1) is 10.9 Å². The minimum Gasteiger partial charge on any atom is -0.311 e. The Kier molecular flexibility index (Phi) is 6.63. The van der Waals surface area contributed by atoms with Crippen LogP contribution in [0, 0.1) is 6.92 Å². The second-order valence-electron chi connectivity index (χ2n) is 6.53. The van der Waals surface area contributed by atoms with E-state index in [2.05, 4.69) is 21.8 Å². The van der Waals surface area contributed by atoms with Crippen molar-refractivity contribution in [3.8, 4) is 0 Å². The van der Waals surface area contributed by atoms with Crippen molar-refractivity contribution in [2.75, 3.05) is 20.8 Å². The highest BCUT2D eigenvalue weighted by atomic mass is 32.2. The van der Waals surface area contributed by atoms with Gasteiger partial charge in [-0.1, -0.05) is 48.0 Å². The summed E-state index contributed by atoms with van der Waals surface area (Å²) >= 11 is 0. The van der Waals surface area contributed by atoms with Crippen molar-refractivity contribution >= 4 is 18.6 Å². The van der Waals surface area contributed by atoms with E-state index in [0.717, 1.165) is 18.7 Å². The highest BCUT2D eigenvalue weighted by Crippen LogP contribution is 2.55. The molecule has 0 spiro atoms. The van der Waals surface area contributed by atoms with Gasteiger partial charge in [-0.2, -0.15) is 0 Å². The van der Waals surface area contributed by atoms with Gasteiger partial charge in [-0.25, -0.2) is 8.93 Å². The molecule has 1 fully saturated rings. The topological polar surface area (TPSA) is 67.6 Å². The number of benzene rings is 2. The third kappa shape index (κ3) is 4.93. The average Bonchev–Trinajstić information content (AvgIpc) is 3.45. The van der Waals surface area contributed by atoms with Gasteiger partial charge in [-0.15, -0.1) is 0 Å². The molecule has 1 aliphatic heterocycles. The third-order valence-corrected chi connectivity index (χ3v) is 8.18. The summed E-state index contributed by atoms with van der Waals surface area (Å²) in [4.78, 5) is 2.78. The Labute approximate surface area is 163 Å². The molecule has 0 saturated carbocycles. The zero-order valence-corrected chi connectivity index (χ0v) is 17.4. The average molecular weight is 408 g/mol. The molecule has 0 aliphatic carbocycles. The van der Waals surface area contributed by atoms with E-state index in [0.29, 0.717) is 4.90 Å². The molecule has 0 bridgehead atoms. The van der Waals surface area contributed by atoms with Crippen molar-refractivity contribution in [1.29, 1.82) is 0 Å². The van der Waals surface area contributed by atoms with Crippen LogP contribution in [-0.2, 0) is 31.1 Å². The maximum atomic E-state index is 13.1. The van der Waals surface area contributed by atoms with Crippen LogP contribution < -0.4 is 4.72 Å². The molecule has 1 N–H and O–H groups in total. The van der Waals surface area contributed by atoms with Crippen LogP contribution in [0.2, 0.25) is 0 Å². The van der Waals surface area contributed by atoms with Crippen molar-refractivity contribution in [3.05, 3.63) is 65.7 Å². The van der Waals surface area contributed by atoms with E-state index >= 15 is 0 Å². The van der Waals surface area contributed by atoms with Crippen molar-refractivity contribution in [2.24, 2.45) is 0 Å². The second-order valence-corrected chi connectivity index (χ2v) is 10.1. The fourth-order valence-electron chi connectivity index (χ4n) is 2.99. The lowest BCUT2D eigenvalue weighted by Gasteiger charge is -2.25. The molecule has 3 rings (SSSR count). The monoisotopic (exact) mass is 408 g/mol. The Bertz CT molecular complexity index is 823. The van der Waals surface area contributed by atoms with E-state index in [1.54, 1.807) is 12.1 Å². The molecule has 6 nitrogen and oxygen atoms in total. The van der Waals surface area contributed by atoms with Gasteiger partial charge in [-0.3, -0.25) is 9.46 Å². The molecule has 8 heteroatoms. The fourth-order valence-corrected chi connectivity index (χ4v) is 5.99. The van der Waals surface area contributed by atoms with Gasteiger partial charge in [0, 0.05) is 27.3 Å². The summed E-state index contributed by atoms with van der Waals surface area (Å²) in [5.74, 6) is -0.682. The smallest absolute Gasteiger partial charge is 0.311 e. The SMILES string of the molecule is COP(=O)(OC)[C@H](NS(=O)c1ccc(C)cc1)[C@@H]1CN1Cc1ccccc1. The highest BCUT2D eigenvalue weighted by Gasteiger charge is 2.51. The van der Waals surface area contributed by atoms with Crippen LogP contribution in [0.5, 0.6) is 0 Å². The van der Waals surface area contributed by atoms with Crippen LogP contribution in [0.4, 0.5) is 0 Å². The normalized spacial score (nSPS) is 21.6. The Morgan fingerprint density at radius 2 is 1.78 bits per heavy atom. The molecule has 0 aromatic heterocycles. The predicted molar refractivity (Wildman–Crippen MR) is 107 cm³/mol. The number of aryl methyl sites for hydroxylation is 1. The Hall–Kier alpha value is -1.34. The summed E-state index contributed by atoms with van der Waals surface area (Å²) in [6.07, 6.45) is 0. The zero-order valence-electron chi connectivity index (χ0n) is 15.7. The summed E-state index contributed by atoms with van der Waals surface area (Å²) in [5, 5.41) is 0. The number of hydrogen-bond acceptors (Lipinski definition) is 5. The van der Waals surface area contributed by atoms with E-state index < -0.39 is 24.4 Å². The summed E-state index contributed by atoms with van der Waals surface area (Å²) < 4.78 is 39.3. The van der Waals surface area contributed by atoms with Crippen molar-refractivity contribution in [2.45, 2.75) is 30.2 Å². The molecule has 2 unspecified atom stereocenters. The largest absolute Gasteiger partial charge is 0.349 e. The maximum absolute atomic E-state index is 13.1. The predicted octanol–water partition coefficient (Wildman–Crippen LogP) is 3.30. The summed E-state index contributed by atoms with van der Waals surface area (Å²) in [7, 11) is -2.26. The van der Waals surface area contributed by atoms with E-state index in [1.165, 1.54) is 19.8 Å². The molecule has 4 atom stereocenters. The molecular formula is C19H25N2O4PS. The van der Waals surface area contributed by atoms with E-state index in [9.17, 15) is 8.77 Å². The van der Waals surface area contributed by atoms with Crippen LogP contribution in [0.25, 0.3) is 0 Å². The fraction of sp³-hybridized carbons (Fsp3) is 0.368. The molecule has 2 aromatic carbocycles. The van der Waals surface area contributed by atoms with Gasteiger partial charge in [0.2, 0.25) is 0 Å². The van der Waals surface area contributed by atoms with Crippen molar-refractivity contribution < 1.29 is 17.8 Å². The Morgan fingerprint density at radius 1 is 1.15 bits per heavy atom. The second kappa shape index (κ2) is 8.78. The third-order valence-electron chi connectivity index (χ3n) is 4.66. The number of nitrogens with zero attached hydrogens (tertiary/aromatic N) is 1. The van der Waals surface area contributed by atoms with E-state index in [-0.39, 0.29) is 6.04 Å². The van der Waals surface area contributed by atoms with Gasteiger partial charge in [0.1, 0.15) is 16.8 Å². The molecule has 1 aliphatic rings. The first-order chi connectivity index (χ1) is 13.0. The quantitative estimate of drug-likeness (QED) is 0.509. The Morgan fingerprint density at radius 3 is 2.37 bits per heavy atom. The van der Waals surface area contributed by atoms with E-state index in [4.69, 9.17) is 9.05 Å². The van der Waals surface area contributed by atoms with Crippen LogP contribution >= 0.6 is 7.60 Å². The number of nitrogens with one attached hydrogen (secondary N) is 1. The van der Waals surface area contributed by atoms with Gasteiger partial charge >= 0.3 is 7.60 Å². The minimum atomic E-state index is -3.46. The molecule has 1 saturated heterocycles. The van der Waals surface area contributed by atoms with Gasteiger partial charge in [0.25, 0.3) is 0 Å². The van der Waals surface area contributed by atoms with Gasteiger partial charge in [0.15, 0.2) is 0 Å². The van der Waals surface area contributed by atoms with Crippen LogP contribution in [0.15, 0.2) is 59.5 Å². The summed E-state index contributed by atoms with van der Waals surface area (Å²) in [6.45, 7) is 3.43. The molecule has 2 aromatic rings. The number of rotatable bonds is 9. The molecular weight excluding hydrogens is 383 g/mol. The zero-order chi connectivity index (χ0) is 19.4. The minimum absolute atomic E-state index is 0.0784. The Balaban J connectivity index is 1.75. The van der Waals surface area contributed by atoms with Crippen LogP contribution in [0.1, 0.15) is 11.1 Å². The number of hydrogen-bond donors (Lipinski definition) is 1. The molecule has 27 heavy (non-hydrogen) atoms. The van der Waals surface area contributed by atoms with Crippen molar-refractivity contribution in [3.63, 3.8) is 0 Å². The molecule has 146 valence electrons. The van der Waals surface area contributed by atoms with Crippen molar-refractivity contribution in [1.82, 2.24) is 9.62 Å². The maximum Gasteiger partial charge on any atom is 0.349 e. The molecule has 0 radical (unpaired) electrons.